The Morgan fingerprint density at radius 2 is 2.06 bits per heavy atom. The van der Waals surface area contributed by atoms with Gasteiger partial charge in [0.15, 0.2) is 0 Å². The monoisotopic (exact) mass is 239 g/mol. The molecule has 2 N–H and O–H groups in total. The van der Waals surface area contributed by atoms with E-state index in [2.05, 4.69) is 25.7 Å². The lowest BCUT2D eigenvalue weighted by Crippen LogP contribution is -2.70. The first-order chi connectivity index (χ1) is 7.96. The molecule has 1 amide bonds. The second-order valence-electron chi connectivity index (χ2n) is 5.94. The molecule has 1 aliphatic heterocycles. The maximum atomic E-state index is 12.1. The minimum Gasteiger partial charge on any atom is -0.339 e. The van der Waals surface area contributed by atoms with Crippen molar-refractivity contribution in [1.29, 1.82) is 0 Å². The molecular formula is C13H25N3O. The van der Waals surface area contributed by atoms with Crippen LogP contribution in [0.3, 0.4) is 0 Å². The molecule has 0 atom stereocenters. The summed E-state index contributed by atoms with van der Waals surface area (Å²) in [7, 11) is 0. The lowest BCUT2D eigenvalue weighted by atomic mass is 9.80. The van der Waals surface area contributed by atoms with Gasteiger partial charge in [0.2, 0.25) is 5.91 Å². The Balaban J connectivity index is 1.77. The van der Waals surface area contributed by atoms with E-state index in [-0.39, 0.29) is 11.4 Å². The van der Waals surface area contributed by atoms with E-state index in [1.54, 1.807) is 0 Å². The molecule has 2 fully saturated rings. The lowest BCUT2D eigenvalue weighted by molar-refractivity contribution is -0.135. The number of rotatable bonds is 5. The van der Waals surface area contributed by atoms with Crippen molar-refractivity contribution in [2.45, 2.75) is 45.2 Å². The summed E-state index contributed by atoms with van der Waals surface area (Å²) in [6.07, 6.45) is 2.37. The van der Waals surface area contributed by atoms with Crippen LogP contribution in [0.4, 0.5) is 0 Å². The summed E-state index contributed by atoms with van der Waals surface area (Å²) in [5.74, 6) is 0.764. The second-order valence-corrected chi connectivity index (χ2v) is 5.94. The van der Waals surface area contributed by atoms with Gasteiger partial charge < -0.3 is 10.6 Å². The molecule has 0 radical (unpaired) electrons. The maximum Gasteiger partial charge on any atom is 0.236 e. The highest BCUT2D eigenvalue weighted by molar-refractivity contribution is 5.79. The third kappa shape index (κ3) is 2.63. The Bertz CT molecular complexity index is 293. The van der Waals surface area contributed by atoms with Crippen LogP contribution in [-0.2, 0) is 4.79 Å². The van der Waals surface area contributed by atoms with E-state index in [9.17, 15) is 4.79 Å². The molecule has 1 aliphatic carbocycles. The maximum absolute atomic E-state index is 12.1. The quantitative estimate of drug-likeness (QED) is 0.767. The summed E-state index contributed by atoms with van der Waals surface area (Å²) in [5.41, 5.74) is 6.15. The smallest absolute Gasteiger partial charge is 0.236 e. The molecule has 4 nitrogen and oxygen atoms in total. The van der Waals surface area contributed by atoms with Gasteiger partial charge >= 0.3 is 0 Å². The van der Waals surface area contributed by atoms with Crippen LogP contribution in [0.15, 0.2) is 0 Å². The van der Waals surface area contributed by atoms with E-state index in [4.69, 9.17) is 5.73 Å². The van der Waals surface area contributed by atoms with Gasteiger partial charge in [-0.15, -0.1) is 0 Å². The number of hydrogen-bond donors (Lipinski definition) is 1. The van der Waals surface area contributed by atoms with Crippen LogP contribution in [-0.4, -0.2) is 53.5 Å². The molecule has 2 rings (SSSR count). The van der Waals surface area contributed by atoms with Crippen LogP contribution in [0.25, 0.3) is 0 Å². The molecule has 0 aromatic heterocycles. The van der Waals surface area contributed by atoms with Gasteiger partial charge in [-0.25, -0.2) is 0 Å². The van der Waals surface area contributed by atoms with Crippen molar-refractivity contribution in [3.8, 4) is 0 Å². The summed E-state index contributed by atoms with van der Waals surface area (Å²) >= 11 is 0. The van der Waals surface area contributed by atoms with E-state index >= 15 is 0 Å². The number of nitrogens with two attached hydrogens (primary N) is 1. The summed E-state index contributed by atoms with van der Waals surface area (Å²) in [6.45, 7) is 9.49. The third-order valence-corrected chi connectivity index (χ3v) is 4.19. The predicted molar refractivity (Wildman–Crippen MR) is 68.6 cm³/mol. The van der Waals surface area contributed by atoms with Crippen molar-refractivity contribution in [3.63, 3.8) is 0 Å². The van der Waals surface area contributed by atoms with Crippen LogP contribution in [0.5, 0.6) is 0 Å². The first kappa shape index (κ1) is 12.8. The molecule has 0 bridgehead atoms. The molecule has 2 aliphatic rings. The van der Waals surface area contributed by atoms with Gasteiger partial charge in [0.25, 0.3) is 0 Å². The fraction of sp³-hybridized carbons (Fsp3) is 0.923. The minimum atomic E-state index is -0.0725. The van der Waals surface area contributed by atoms with Crippen molar-refractivity contribution in [2.24, 2.45) is 11.7 Å². The van der Waals surface area contributed by atoms with Gasteiger partial charge in [-0.05, 0) is 25.7 Å². The average Bonchev–Trinajstić information content (AvgIpc) is 3.00. The van der Waals surface area contributed by atoms with Crippen LogP contribution in [0, 0.1) is 5.92 Å². The van der Waals surface area contributed by atoms with Crippen molar-refractivity contribution in [3.05, 3.63) is 0 Å². The first-order valence-corrected chi connectivity index (χ1v) is 6.77. The van der Waals surface area contributed by atoms with Crippen molar-refractivity contribution in [2.75, 3.05) is 26.2 Å². The zero-order valence-electron chi connectivity index (χ0n) is 11.3. The normalized spacial score (nSPS) is 23.6. The number of nitrogens with zero attached hydrogens (tertiary/aromatic N) is 2. The van der Waals surface area contributed by atoms with Crippen LogP contribution in [0.1, 0.15) is 33.6 Å². The predicted octanol–water partition coefficient (Wildman–Crippen LogP) is 0.666. The molecule has 0 spiro atoms. The molecule has 98 valence electrons. The van der Waals surface area contributed by atoms with Crippen molar-refractivity contribution >= 4 is 5.91 Å². The van der Waals surface area contributed by atoms with Crippen LogP contribution < -0.4 is 5.73 Å². The van der Waals surface area contributed by atoms with Crippen molar-refractivity contribution < 1.29 is 4.79 Å². The minimum absolute atomic E-state index is 0.0725. The van der Waals surface area contributed by atoms with Gasteiger partial charge in [0.05, 0.1) is 6.54 Å². The van der Waals surface area contributed by atoms with Gasteiger partial charge in [-0.1, -0.05) is 13.8 Å². The highest BCUT2D eigenvalue weighted by Gasteiger charge is 2.43. The fourth-order valence-corrected chi connectivity index (χ4v) is 2.57. The number of hydrogen-bond acceptors (Lipinski definition) is 3. The molecule has 1 saturated carbocycles. The van der Waals surface area contributed by atoms with Crippen molar-refractivity contribution in [1.82, 2.24) is 9.80 Å². The SMILES string of the molecule is CCN(C(=O)CN1CC(N)(C(C)C)C1)C1CC1. The summed E-state index contributed by atoms with van der Waals surface area (Å²) < 4.78 is 0. The van der Waals surface area contributed by atoms with Gasteiger partial charge in [-0.3, -0.25) is 9.69 Å². The summed E-state index contributed by atoms with van der Waals surface area (Å²) in [5, 5.41) is 0. The highest BCUT2D eigenvalue weighted by Crippen LogP contribution is 2.28. The Morgan fingerprint density at radius 1 is 1.47 bits per heavy atom. The van der Waals surface area contributed by atoms with E-state index in [1.807, 2.05) is 4.90 Å². The zero-order chi connectivity index (χ0) is 12.6. The van der Waals surface area contributed by atoms with Gasteiger partial charge in [-0.2, -0.15) is 0 Å². The molecule has 1 saturated heterocycles. The van der Waals surface area contributed by atoms with Gasteiger partial charge in [0, 0.05) is 31.2 Å². The first-order valence-electron chi connectivity index (χ1n) is 6.77. The molecule has 1 heterocycles. The summed E-state index contributed by atoms with van der Waals surface area (Å²) in [4.78, 5) is 16.3. The second kappa shape index (κ2) is 4.58. The molecule has 0 aromatic rings. The molecule has 4 heteroatoms. The Hall–Kier alpha value is -0.610. The molecular weight excluding hydrogens is 214 g/mol. The van der Waals surface area contributed by atoms with E-state index < -0.39 is 0 Å². The molecule has 0 aromatic carbocycles. The fourth-order valence-electron chi connectivity index (χ4n) is 2.57. The van der Waals surface area contributed by atoms with Gasteiger partial charge in [0.1, 0.15) is 0 Å². The summed E-state index contributed by atoms with van der Waals surface area (Å²) in [6, 6.07) is 0.529. The number of carbonyl (C=O) groups excluding carboxylic acids is 1. The average molecular weight is 239 g/mol. The number of likely N-dealkylation sites (N-methyl/N-ethyl adjacent to an activating group) is 1. The lowest BCUT2D eigenvalue weighted by Gasteiger charge is -2.50. The van der Waals surface area contributed by atoms with E-state index in [0.717, 1.165) is 19.6 Å². The highest BCUT2D eigenvalue weighted by atomic mass is 16.2. The van der Waals surface area contributed by atoms with E-state index in [1.165, 1.54) is 12.8 Å². The molecule has 0 unspecified atom stereocenters. The standard InChI is InChI=1S/C13H25N3O/c1-4-16(11-5-6-11)12(17)7-15-8-13(14,9-15)10(2)3/h10-11H,4-9,14H2,1-3H3. The number of likely N-dealkylation sites (tertiary alicyclic amines) is 1. The largest absolute Gasteiger partial charge is 0.339 e. The van der Waals surface area contributed by atoms with E-state index in [0.29, 0.717) is 18.5 Å². The zero-order valence-corrected chi connectivity index (χ0v) is 11.3. The van der Waals surface area contributed by atoms with Crippen LogP contribution >= 0.6 is 0 Å². The Kier molecular flexibility index (Phi) is 3.46. The number of amides is 1. The third-order valence-electron chi connectivity index (χ3n) is 4.19. The molecule has 17 heavy (non-hydrogen) atoms. The van der Waals surface area contributed by atoms with Crippen LogP contribution in [0.2, 0.25) is 0 Å². The Labute approximate surface area is 104 Å². The Morgan fingerprint density at radius 3 is 2.47 bits per heavy atom. The topological polar surface area (TPSA) is 49.6 Å². The number of carbonyl (C=O) groups is 1.